The van der Waals surface area contributed by atoms with Crippen molar-refractivity contribution in [3.8, 4) is 22.6 Å². The Kier molecular flexibility index (Phi) is 5.42. The van der Waals surface area contributed by atoms with E-state index in [2.05, 4.69) is 37.4 Å². The smallest absolute Gasteiger partial charge is 0.344 e. The molecule has 0 unspecified atom stereocenters. The van der Waals surface area contributed by atoms with E-state index in [4.69, 9.17) is 13.9 Å². The van der Waals surface area contributed by atoms with Gasteiger partial charge in [0.25, 0.3) is 0 Å². The molecule has 0 radical (unpaired) electrons. The zero-order valence-corrected chi connectivity index (χ0v) is 18.3. The first-order chi connectivity index (χ1) is 14.9. The molecule has 5 nitrogen and oxygen atoms in total. The van der Waals surface area contributed by atoms with Gasteiger partial charge >= 0.3 is 5.63 Å². The van der Waals surface area contributed by atoms with Gasteiger partial charge in [-0.15, -0.1) is 0 Å². The monoisotopic (exact) mass is 415 g/mol. The fourth-order valence-corrected chi connectivity index (χ4v) is 3.97. The normalized spacial score (nSPS) is 10.9. The summed E-state index contributed by atoms with van der Waals surface area (Å²) < 4.78 is 16.4. The third-order valence-corrected chi connectivity index (χ3v) is 5.35. The van der Waals surface area contributed by atoms with Crippen LogP contribution in [0.3, 0.4) is 0 Å². The number of rotatable bonds is 5. The van der Waals surface area contributed by atoms with Crippen LogP contribution in [0.4, 0.5) is 11.4 Å². The van der Waals surface area contributed by atoms with Crippen LogP contribution in [0.15, 0.2) is 63.8 Å². The molecule has 1 aromatic heterocycles. The van der Waals surface area contributed by atoms with Crippen molar-refractivity contribution in [2.24, 2.45) is 0 Å². The first-order valence-electron chi connectivity index (χ1n) is 10.0. The van der Waals surface area contributed by atoms with Crippen LogP contribution in [0.1, 0.15) is 16.7 Å². The maximum Gasteiger partial charge on any atom is 0.344 e. The molecule has 0 bridgehead atoms. The van der Waals surface area contributed by atoms with E-state index in [1.54, 1.807) is 26.4 Å². The maximum atomic E-state index is 12.9. The third-order valence-electron chi connectivity index (χ3n) is 5.35. The Morgan fingerprint density at radius 2 is 1.48 bits per heavy atom. The SMILES string of the molecule is COc1ccc(-c2c(C)c3ccc(Nc4cc(C)cc(C)c4)cc3oc2=O)cc1OC. The summed E-state index contributed by atoms with van der Waals surface area (Å²) in [6, 6.07) is 17.5. The van der Waals surface area contributed by atoms with Gasteiger partial charge in [-0.25, -0.2) is 4.79 Å². The van der Waals surface area contributed by atoms with E-state index in [1.807, 2.05) is 31.2 Å². The fraction of sp³-hybridized carbons (Fsp3) is 0.192. The van der Waals surface area contributed by atoms with Crippen LogP contribution in [-0.2, 0) is 0 Å². The number of anilines is 2. The molecule has 0 spiro atoms. The van der Waals surface area contributed by atoms with Gasteiger partial charge in [0.15, 0.2) is 11.5 Å². The van der Waals surface area contributed by atoms with Crippen molar-refractivity contribution in [1.82, 2.24) is 0 Å². The lowest BCUT2D eigenvalue weighted by Gasteiger charge is -2.13. The van der Waals surface area contributed by atoms with Crippen LogP contribution in [-0.4, -0.2) is 14.2 Å². The van der Waals surface area contributed by atoms with Crippen molar-refractivity contribution < 1.29 is 13.9 Å². The van der Waals surface area contributed by atoms with Crippen LogP contribution in [0, 0.1) is 20.8 Å². The molecule has 31 heavy (non-hydrogen) atoms. The number of fused-ring (bicyclic) bond motifs is 1. The summed E-state index contributed by atoms with van der Waals surface area (Å²) in [5, 5.41) is 4.28. The maximum absolute atomic E-state index is 12.9. The van der Waals surface area contributed by atoms with E-state index in [9.17, 15) is 4.79 Å². The van der Waals surface area contributed by atoms with Crippen molar-refractivity contribution in [3.63, 3.8) is 0 Å². The third kappa shape index (κ3) is 3.99. The number of aryl methyl sites for hydroxylation is 3. The lowest BCUT2D eigenvalue weighted by atomic mass is 9.99. The number of benzene rings is 3. The molecule has 5 heteroatoms. The number of methoxy groups -OCH3 is 2. The van der Waals surface area contributed by atoms with Gasteiger partial charge in [0.05, 0.1) is 19.8 Å². The fourth-order valence-electron chi connectivity index (χ4n) is 3.97. The molecule has 0 aliphatic rings. The molecule has 4 aromatic rings. The minimum atomic E-state index is -0.388. The summed E-state index contributed by atoms with van der Waals surface area (Å²) in [6.07, 6.45) is 0. The number of hydrogen-bond acceptors (Lipinski definition) is 5. The van der Waals surface area contributed by atoms with Crippen molar-refractivity contribution in [2.45, 2.75) is 20.8 Å². The topological polar surface area (TPSA) is 60.7 Å². The largest absolute Gasteiger partial charge is 0.493 e. The molecule has 0 saturated heterocycles. The van der Waals surface area contributed by atoms with E-state index in [1.165, 1.54) is 11.1 Å². The van der Waals surface area contributed by atoms with E-state index in [0.717, 1.165) is 27.9 Å². The van der Waals surface area contributed by atoms with Gasteiger partial charge < -0.3 is 19.2 Å². The van der Waals surface area contributed by atoms with Gasteiger partial charge in [0, 0.05) is 22.8 Å². The van der Waals surface area contributed by atoms with Crippen molar-refractivity contribution in [1.29, 1.82) is 0 Å². The molecule has 3 aromatic carbocycles. The minimum absolute atomic E-state index is 0.388. The standard InChI is InChI=1S/C26H25NO4/c1-15-10-16(2)12-20(11-15)27-19-7-8-21-17(3)25(26(28)31-23(21)14-19)18-6-9-22(29-4)24(13-18)30-5/h6-14,27H,1-5H3. The lowest BCUT2D eigenvalue weighted by molar-refractivity contribution is 0.355. The summed E-state index contributed by atoms with van der Waals surface area (Å²) >= 11 is 0. The zero-order chi connectivity index (χ0) is 22.1. The van der Waals surface area contributed by atoms with Gasteiger partial charge in [0.2, 0.25) is 0 Å². The Balaban J connectivity index is 1.77. The van der Waals surface area contributed by atoms with E-state index in [0.29, 0.717) is 22.6 Å². The molecule has 0 amide bonds. The van der Waals surface area contributed by atoms with Gasteiger partial charge in [-0.2, -0.15) is 0 Å². The summed E-state index contributed by atoms with van der Waals surface area (Å²) in [7, 11) is 3.15. The molecule has 1 N–H and O–H groups in total. The van der Waals surface area contributed by atoms with Crippen LogP contribution < -0.4 is 20.4 Å². The summed E-state index contributed by atoms with van der Waals surface area (Å²) in [6.45, 7) is 6.07. The predicted molar refractivity (Wildman–Crippen MR) is 125 cm³/mol. The Morgan fingerprint density at radius 1 is 0.774 bits per heavy atom. The van der Waals surface area contributed by atoms with Crippen LogP contribution in [0.2, 0.25) is 0 Å². The average Bonchev–Trinajstić information content (AvgIpc) is 2.72. The average molecular weight is 415 g/mol. The molecule has 0 aliphatic heterocycles. The Hall–Kier alpha value is -3.73. The molecule has 158 valence electrons. The predicted octanol–water partition coefficient (Wildman–Crippen LogP) is 6.15. The van der Waals surface area contributed by atoms with Crippen molar-refractivity contribution in [3.05, 3.63) is 81.7 Å². The highest BCUT2D eigenvalue weighted by atomic mass is 16.5. The van der Waals surface area contributed by atoms with E-state index in [-0.39, 0.29) is 5.63 Å². The summed E-state index contributed by atoms with van der Waals surface area (Å²) in [5.74, 6) is 1.17. The Morgan fingerprint density at radius 3 is 2.16 bits per heavy atom. The highest BCUT2D eigenvalue weighted by Gasteiger charge is 2.16. The van der Waals surface area contributed by atoms with Gasteiger partial charge in [-0.3, -0.25) is 0 Å². The van der Waals surface area contributed by atoms with Gasteiger partial charge in [0.1, 0.15) is 5.58 Å². The second-order valence-corrected chi connectivity index (χ2v) is 7.67. The van der Waals surface area contributed by atoms with Crippen molar-refractivity contribution in [2.75, 3.05) is 19.5 Å². The molecular formula is C26H25NO4. The quantitative estimate of drug-likeness (QED) is 0.396. The highest BCUT2D eigenvalue weighted by molar-refractivity contribution is 5.89. The summed E-state index contributed by atoms with van der Waals surface area (Å²) in [5.41, 5.74) is 6.48. The van der Waals surface area contributed by atoms with Gasteiger partial charge in [-0.05, 0) is 79.4 Å². The zero-order valence-electron chi connectivity index (χ0n) is 18.3. The van der Waals surface area contributed by atoms with Crippen LogP contribution >= 0.6 is 0 Å². The molecule has 0 atom stereocenters. The summed E-state index contributed by atoms with van der Waals surface area (Å²) in [4.78, 5) is 12.9. The second kappa shape index (κ2) is 8.19. The lowest BCUT2D eigenvalue weighted by Crippen LogP contribution is -2.06. The second-order valence-electron chi connectivity index (χ2n) is 7.67. The number of hydrogen-bond donors (Lipinski definition) is 1. The molecular weight excluding hydrogens is 390 g/mol. The number of ether oxygens (including phenoxy) is 2. The highest BCUT2D eigenvalue weighted by Crippen LogP contribution is 2.34. The molecule has 0 aliphatic carbocycles. The Labute approximate surface area is 181 Å². The molecule has 0 saturated carbocycles. The minimum Gasteiger partial charge on any atom is -0.493 e. The van der Waals surface area contributed by atoms with Crippen molar-refractivity contribution >= 4 is 22.3 Å². The Bertz CT molecular complexity index is 1320. The van der Waals surface area contributed by atoms with Crippen LogP contribution in [0.5, 0.6) is 11.5 Å². The van der Waals surface area contributed by atoms with E-state index < -0.39 is 0 Å². The number of nitrogens with one attached hydrogen (secondary N) is 1. The van der Waals surface area contributed by atoms with Crippen LogP contribution in [0.25, 0.3) is 22.1 Å². The molecule has 0 fully saturated rings. The van der Waals surface area contributed by atoms with Gasteiger partial charge in [-0.1, -0.05) is 12.1 Å². The first kappa shape index (κ1) is 20.5. The molecule has 4 rings (SSSR count). The molecule has 1 heterocycles. The van der Waals surface area contributed by atoms with E-state index >= 15 is 0 Å². The first-order valence-corrected chi connectivity index (χ1v) is 10.0.